The number of hydrogen-bond acceptors (Lipinski definition) is 5. The minimum atomic E-state index is 0.428. The van der Waals surface area contributed by atoms with Crippen LogP contribution < -0.4 is 24.7 Å². The molecule has 0 heterocycles. The molecule has 1 aliphatic carbocycles. The van der Waals surface area contributed by atoms with Gasteiger partial charge < -0.3 is 24.7 Å². The number of rotatable bonds is 13. The van der Waals surface area contributed by atoms with E-state index in [1.165, 1.54) is 0 Å². The van der Waals surface area contributed by atoms with E-state index in [1.807, 2.05) is 12.1 Å². The average Bonchev–Trinajstić information content (AvgIpc) is 3.20. The van der Waals surface area contributed by atoms with Crippen LogP contribution in [-0.2, 0) is 45.4 Å². The van der Waals surface area contributed by atoms with Crippen molar-refractivity contribution in [3.63, 3.8) is 0 Å². The summed E-state index contributed by atoms with van der Waals surface area (Å²) in [4.78, 5) is 0. The minimum Gasteiger partial charge on any atom is -0.493 e. The maximum absolute atomic E-state index is 6.86. The summed E-state index contributed by atoms with van der Waals surface area (Å²) in [6.45, 7) is 6.93. The summed E-state index contributed by atoms with van der Waals surface area (Å²) in [5.41, 5.74) is 18.7. The predicted molar refractivity (Wildman–Crippen MR) is 218 cm³/mol. The molecule has 0 spiro atoms. The van der Waals surface area contributed by atoms with Crippen LogP contribution in [0.2, 0.25) is 0 Å². The van der Waals surface area contributed by atoms with Crippen LogP contribution in [0.4, 0.5) is 0 Å². The zero-order valence-corrected chi connectivity index (χ0v) is 31.6. The molecule has 0 radical (unpaired) electrons. The zero-order chi connectivity index (χ0) is 37.1. The number of ether oxygens (including phenoxy) is 4. The molecule has 7 rings (SSSR count). The van der Waals surface area contributed by atoms with E-state index in [-0.39, 0.29) is 0 Å². The van der Waals surface area contributed by atoms with Crippen molar-refractivity contribution >= 4 is 0 Å². The Bertz CT molecular complexity index is 2040. The molecule has 0 atom stereocenters. The lowest BCUT2D eigenvalue weighted by Crippen LogP contribution is -2.10. The summed E-state index contributed by atoms with van der Waals surface area (Å²) >= 11 is 0. The van der Waals surface area contributed by atoms with Crippen LogP contribution in [-0.4, -0.2) is 13.2 Å². The average molecular weight is 718 g/mol. The molecule has 6 aromatic carbocycles. The van der Waals surface area contributed by atoms with Crippen molar-refractivity contribution in [3.05, 3.63) is 189 Å². The molecule has 5 heteroatoms. The Hall–Kier alpha value is -5.52. The third kappa shape index (κ3) is 8.81. The van der Waals surface area contributed by atoms with Gasteiger partial charge >= 0.3 is 0 Å². The van der Waals surface area contributed by atoms with Gasteiger partial charge in [0.2, 0.25) is 0 Å². The molecule has 0 unspecified atom stereocenters. The van der Waals surface area contributed by atoms with Gasteiger partial charge in [-0.3, -0.25) is 0 Å². The number of benzene rings is 6. The summed E-state index contributed by atoms with van der Waals surface area (Å²) in [5.74, 6) is 3.67. The maximum Gasteiger partial charge on any atom is 0.126 e. The molecule has 0 amide bonds. The lowest BCUT2D eigenvalue weighted by Gasteiger charge is -2.23. The SMILES string of the molecule is CCCOc1c2cccc1Cc1cc(CN)cc(c1OCc1ccccc1)Cc1cccc(c1OCCC)Cc1cccc(c1OCc1ccccc1)C2. The monoisotopic (exact) mass is 717 g/mol. The van der Waals surface area contributed by atoms with Crippen molar-refractivity contribution < 1.29 is 18.9 Å². The largest absolute Gasteiger partial charge is 0.493 e. The summed E-state index contributed by atoms with van der Waals surface area (Å²) < 4.78 is 27.0. The van der Waals surface area contributed by atoms with Crippen molar-refractivity contribution in [2.75, 3.05) is 13.2 Å². The highest BCUT2D eigenvalue weighted by atomic mass is 16.5. The topological polar surface area (TPSA) is 62.9 Å². The number of nitrogens with two attached hydrogens (primary N) is 1. The third-order valence-electron chi connectivity index (χ3n) is 9.95. The van der Waals surface area contributed by atoms with Gasteiger partial charge in [-0.25, -0.2) is 0 Å². The molecule has 0 aliphatic heterocycles. The zero-order valence-electron chi connectivity index (χ0n) is 31.6. The van der Waals surface area contributed by atoms with E-state index >= 15 is 0 Å². The van der Waals surface area contributed by atoms with E-state index < -0.39 is 0 Å². The van der Waals surface area contributed by atoms with Crippen LogP contribution in [0.15, 0.2) is 127 Å². The molecule has 0 saturated carbocycles. The number of hydrogen-bond donors (Lipinski definition) is 1. The molecular formula is C49H51NO4. The van der Waals surface area contributed by atoms with Gasteiger partial charge in [-0.2, -0.15) is 0 Å². The Labute approximate surface area is 320 Å². The lowest BCUT2D eigenvalue weighted by atomic mass is 9.90. The smallest absolute Gasteiger partial charge is 0.126 e. The first-order chi connectivity index (χ1) is 26.6. The first kappa shape index (κ1) is 36.8. The third-order valence-corrected chi connectivity index (χ3v) is 9.95. The molecule has 8 bridgehead atoms. The van der Waals surface area contributed by atoms with Crippen molar-refractivity contribution in [3.8, 4) is 23.0 Å². The first-order valence-corrected chi connectivity index (χ1v) is 19.4. The highest BCUT2D eigenvalue weighted by Crippen LogP contribution is 2.40. The predicted octanol–water partition coefficient (Wildman–Crippen LogP) is 10.6. The highest BCUT2D eigenvalue weighted by Gasteiger charge is 2.22. The fourth-order valence-electron chi connectivity index (χ4n) is 7.39. The summed E-state index contributed by atoms with van der Waals surface area (Å²) in [6, 6.07) is 44.8. The molecule has 1 aliphatic rings. The van der Waals surface area contributed by atoms with Crippen LogP contribution in [0, 0.1) is 0 Å². The minimum absolute atomic E-state index is 0.428. The second-order valence-corrected chi connectivity index (χ2v) is 14.1. The van der Waals surface area contributed by atoms with E-state index in [2.05, 4.69) is 129 Å². The van der Waals surface area contributed by atoms with E-state index in [0.29, 0.717) is 58.7 Å². The van der Waals surface area contributed by atoms with Crippen LogP contribution in [0.3, 0.4) is 0 Å². The first-order valence-electron chi connectivity index (χ1n) is 19.4. The van der Waals surface area contributed by atoms with Crippen molar-refractivity contribution in [1.82, 2.24) is 0 Å². The molecule has 6 aromatic rings. The van der Waals surface area contributed by atoms with Gasteiger partial charge in [-0.15, -0.1) is 0 Å². The molecule has 2 N–H and O–H groups in total. The number of fused-ring (bicyclic) bond motifs is 8. The number of para-hydroxylation sites is 3. The fourth-order valence-corrected chi connectivity index (χ4v) is 7.39. The van der Waals surface area contributed by atoms with Crippen molar-refractivity contribution in [2.24, 2.45) is 5.73 Å². The van der Waals surface area contributed by atoms with Gasteiger partial charge in [0.05, 0.1) is 13.2 Å². The molecule has 54 heavy (non-hydrogen) atoms. The highest BCUT2D eigenvalue weighted by molar-refractivity contribution is 5.57. The van der Waals surface area contributed by atoms with Gasteiger partial charge in [-0.1, -0.05) is 141 Å². The Balaban J connectivity index is 1.42. The summed E-state index contributed by atoms with van der Waals surface area (Å²) in [6.07, 6.45) is 4.41. The van der Waals surface area contributed by atoms with Crippen LogP contribution >= 0.6 is 0 Å². The van der Waals surface area contributed by atoms with Crippen molar-refractivity contribution in [1.29, 1.82) is 0 Å². The Morgan fingerprint density at radius 2 is 0.722 bits per heavy atom. The Morgan fingerprint density at radius 1 is 0.389 bits per heavy atom. The molecular weight excluding hydrogens is 667 g/mol. The van der Waals surface area contributed by atoms with Gasteiger partial charge in [0.15, 0.2) is 0 Å². The second kappa shape index (κ2) is 18.0. The quantitative estimate of drug-likeness (QED) is 0.129. The second-order valence-electron chi connectivity index (χ2n) is 14.1. The van der Waals surface area contributed by atoms with E-state index in [4.69, 9.17) is 24.7 Å². The van der Waals surface area contributed by atoms with Crippen LogP contribution in [0.25, 0.3) is 0 Å². The summed E-state index contributed by atoms with van der Waals surface area (Å²) in [7, 11) is 0. The summed E-state index contributed by atoms with van der Waals surface area (Å²) in [5, 5.41) is 0. The van der Waals surface area contributed by atoms with Gasteiger partial charge in [0.1, 0.15) is 36.2 Å². The van der Waals surface area contributed by atoms with Crippen LogP contribution in [0.1, 0.15) is 87.9 Å². The molecule has 0 fully saturated rings. The van der Waals surface area contributed by atoms with Gasteiger partial charge in [0, 0.05) is 32.2 Å². The molecule has 0 saturated heterocycles. The van der Waals surface area contributed by atoms with E-state index in [1.54, 1.807) is 0 Å². The van der Waals surface area contributed by atoms with Crippen molar-refractivity contribution in [2.45, 2.75) is 72.1 Å². The molecule has 276 valence electrons. The fraction of sp³-hybridized carbons (Fsp3) is 0.265. The normalized spacial score (nSPS) is 12.2. The Kier molecular flexibility index (Phi) is 12.3. The van der Waals surface area contributed by atoms with Gasteiger partial charge in [0.25, 0.3) is 0 Å². The maximum atomic E-state index is 6.86. The van der Waals surface area contributed by atoms with E-state index in [9.17, 15) is 0 Å². The Morgan fingerprint density at radius 3 is 1.07 bits per heavy atom. The van der Waals surface area contributed by atoms with Crippen LogP contribution in [0.5, 0.6) is 23.0 Å². The van der Waals surface area contributed by atoms with E-state index in [0.717, 1.165) is 97.0 Å². The van der Waals surface area contributed by atoms with Gasteiger partial charge in [-0.05, 0) is 74.0 Å². The molecule has 5 nitrogen and oxygen atoms in total. The lowest BCUT2D eigenvalue weighted by molar-refractivity contribution is 0.297. The standard InChI is InChI=1S/C49H51NO4/c1-3-24-51-46-38-18-11-22-42(46)30-44-26-37(32-50)27-45(49(44)54-34-36-16-9-6-10-17-36)31-43-23-12-19-39(47(43)52-25-4-2)29-41-21-13-20-40(28-38)48(41)53-33-35-14-7-5-8-15-35/h5-23,26-27H,3-4,24-25,28-34,50H2,1-2H3. The molecule has 0 aromatic heterocycles.